The predicted octanol–water partition coefficient (Wildman–Crippen LogP) is 4.01. The summed E-state index contributed by atoms with van der Waals surface area (Å²) in [7, 11) is 0. The highest BCUT2D eigenvalue weighted by Gasteiger charge is 2.13. The summed E-state index contributed by atoms with van der Waals surface area (Å²) in [6, 6.07) is 12.5. The lowest BCUT2D eigenvalue weighted by atomic mass is 10.1. The predicted molar refractivity (Wildman–Crippen MR) is 113 cm³/mol. The third kappa shape index (κ3) is 5.67. The first-order valence-corrected chi connectivity index (χ1v) is 9.40. The number of amides is 2. The van der Waals surface area contributed by atoms with Crippen LogP contribution in [0.3, 0.4) is 0 Å². The number of nitrogens with one attached hydrogen (secondary N) is 2. The van der Waals surface area contributed by atoms with Gasteiger partial charge >= 0.3 is 0 Å². The molecule has 0 heterocycles. The summed E-state index contributed by atoms with van der Waals surface area (Å²) in [5.41, 5.74) is 3.72. The van der Waals surface area contributed by atoms with Gasteiger partial charge in [-0.15, -0.1) is 0 Å². The molecule has 0 spiro atoms. The molecule has 0 unspecified atom stereocenters. The lowest BCUT2D eigenvalue weighted by Gasteiger charge is -2.22. The first-order valence-electron chi connectivity index (χ1n) is 9.40. The number of nitrogens with zero attached hydrogens (tertiary/aromatic N) is 1. The highest BCUT2D eigenvalue weighted by molar-refractivity contribution is 6.08. The van der Waals surface area contributed by atoms with E-state index in [1.165, 1.54) is 6.92 Å². The number of carbonyl (C=O) groups is 3. The number of aryl methyl sites for hydroxylation is 1. The number of ketones is 1. The summed E-state index contributed by atoms with van der Waals surface area (Å²) < 4.78 is 0. The molecule has 0 radical (unpaired) electrons. The topological polar surface area (TPSA) is 78.5 Å². The van der Waals surface area contributed by atoms with E-state index in [1.807, 2.05) is 25.1 Å². The third-order valence-electron chi connectivity index (χ3n) is 4.49. The van der Waals surface area contributed by atoms with Crippen LogP contribution in [0, 0.1) is 6.92 Å². The van der Waals surface area contributed by atoms with Crippen LogP contribution in [0.5, 0.6) is 0 Å². The molecule has 28 heavy (non-hydrogen) atoms. The van der Waals surface area contributed by atoms with Crippen LogP contribution >= 0.6 is 0 Å². The smallest absolute Gasteiger partial charge is 0.233 e. The van der Waals surface area contributed by atoms with Crippen LogP contribution in [-0.4, -0.2) is 30.7 Å². The van der Waals surface area contributed by atoms with E-state index in [9.17, 15) is 14.4 Å². The summed E-state index contributed by atoms with van der Waals surface area (Å²) in [4.78, 5) is 38.0. The molecule has 2 aromatic rings. The Morgan fingerprint density at radius 3 is 2.21 bits per heavy atom. The second-order valence-electron chi connectivity index (χ2n) is 6.58. The van der Waals surface area contributed by atoms with Crippen LogP contribution < -0.4 is 15.5 Å². The van der Waals surface area contributed by atoms with Crippen molar-refractivity contribution >= 4 is 34.7 Å². The van der Waals surface area contributed by atoms with Gasteiger partial charge in [0, 0.05) is 35.7 Å². The minimum atomic E-state index is -0.435. The SMILES string of the molecule is CCN(CC)c1ccc(NC(=O)CC(=O)Nc2cccc(C(C)=O)c2)c(C)c1. The Kier molecular flexibility index (Phi) is 7.32. The van der Waals surface area contributed by atoms with E-state index in [1.54, 1.807) is 24.3 Å². The van der Waals surface area contributed by atoms with E-state index in [2.05, 4.69) is 29.4 Å². The molecule has 2 rings (SSSR count). The molecule has 2 N–H and O–H groups in total. The van der Waals surface area contributed by atoms with E-state index >= 15 is 0 Å². The zero-order chi connectivity index (χ0) is 20.7. The largest absolute Gasteiger partial charge is 0.372 e. The molecule has 0 saturated heterocycles. The fourth-order valence-corrected chi connectivity index (χ4v) is 2.93. The van der Waals surface area contributed by atoms with Gasteiger partial charge in [0.15, 0.2) is 5.78 Å². The number of hydrogen-bond donors (Lipinski definition) is 2. The molecule has 0 aliphatic heterocycles. The maximum absolute atomic E-state index is 12.2. The Morgan fingerprint density at radius 2 is 1.61 bits per heavy atom. The van der Waals surface area contributed by atoms with Crippen molar-refractivity contribution < 1.29 is 14.4 Å². The molecule has 0 aromatic heterocycles. The monoisotopic (exact) mass is 381 g/mol. The third-order valence-corrected chi connectivity index (χ3v) is 4.49. The summed E-state index contributed by atoms with van der Waals surface area (Å²) in [5, 5.41) is 5.44. The standard InChI is InChI=1S/C22H27N3O3/c1-5-25(6-2)19-10-11-20(15(3)12-19)24-22(28)14-21(27)23-18-9-7-8-17(13-18)16(4)26/h7-13H,5-6,14H2,1-4H3,(H,23,27)(H,24,28). The molecule has 6 heteroatoms. The van der Waals surface area contributed by atoms with Crippen molar-refractivity contribution in [2.75, 3.05) is 28.6 Å². The van der Waals surface area contributed by atoms with Crippen LogP contribution in [0.4, 0.5) is 17.1 Å². The Hall–Kier alpha value is -3.15. The summed E-state index contributed by atoms with van der Waals surface area (Å²) in [6.45, 7) is 9.40. The molecule has 6 nitrogen and oxygen atoms in total. The van der Waals surface area contributed by atoms with Gasteiger partial charge in [-0.1, -0.05) is 12.1 Å². The lowest BCUT2D eigenvalue weighted by molar-refractivity contribution is -0.123. The molecule has 0 atom stereocenters. The second-order valence-corrected chi connectivity index (χ2v) is 6.58. The minimum Gasteiger partial charge on any atom is -0.372 e. The molecule has 2 aromatic carbocycles. The number of rotatable bonds is 8. The number of benzene rings is 2. The van der Waals surface area contributed by atoms with E-state index in [0.29, 0.717) is 16.9 Å². The normalized spacial score (nSPS) is 10.3. The van der Waals surface area contributed by atoms with E-state index in [-0.39, 0.29) is 18.1 Å². The Balaban J connectivity index is 1.97. The van der Waals surface area contributed by atoms with Gasteiger partial charge in [0.25, 0.3) is 0 Å². The van der Waals surface area contributed by atoms with Crippen molar-refractivity contribution in [2.24, 2.45) is 0 Å². The number of hydrogen-bond acceptors (Lipinski definition) is 4. The van der Waals surface area contributed by atoms with Gasteiger partial charge in [-0.3, -0.25) is 14.4 Å². The van der Waals surface area contributed by atoms with Gasteiger partial charge in [0.1, 0.15) is 6.42 Å². The first kappa shape index (κ1) is 21.2. The molecular formula is C22H27N3O3. The number of Topliss-reactive ketones (excluding diaryl/α,β-unsaturated/α-hetero) is 1. The van der Waals surface area contributed by atoms with Crippen molar-refractivity contribution in [1.29, 1.82) is 0 Å². The number of carbonyl (C=O) groups excluding carboxylic acids is 3. The quantitative estimate of drug-likeness (QED) is 0.535. The second kappa shape index (κ2) is 9.69. The Bertz CT molecular complexity index is 873. The molecule has 148 valence electrons. The average molecular weight is 381 g/mol. The van der Waals surface area contributed by atoms with E-state index in [4.69, 9.17) is 0 Å². The van der Waals surface area contributed by atoms with Crippen LogP contribution in [0.15, 0.2) is 42.5 Å². The fraction of sp³-hybridized carbons (Fsp3) is 0.318. The maximum atomic E-state index is 12.2. The van der Waals surface area contributed by atoms with Crippen molar-refractivity contribution in [1.82, 2.24) is 0 Å². The summed E-state index contributed by atoms with van der Waals surface area (Å²) in [6.07, 6.45) is -0.304. The molecule has 0 aliphatic carbocycles. The van der Waals surface area contributed by atoms with Crippen molar-refractivity contribution in [3.8, 4) is 0 Å². The van der Waals surface area contributed by atoms with Crippen molar-refractivity contribution in [3.63, 3.8) is 0 Å². The van der Waals surface area contributed by atoms with E-state index < -0.39 is 5.91 Å². The average Bonchev–Trinajstić information content (AvgIpc) is 2.65. The van der Waals surface area contributed by atoms with Gasteiger partial charge < -0.3 is 15.5 Å². The highest BCUT2D eigenvalue weighted by Crippen LogP contribution is 2.23. The molecular weight excluding hydrogens is 354 g/mol. The Labute approximate surface area is 165 Å². The molecule has 0 bridgehead atoms. The highest BCUT2D eigenvalue weighted by atomic mass is 16.2. The summed E-state index contributed by atoms with van der Waals surface area (Å²) >= 11 is 0. The zero-order valence-corrected chi connectivity index (χ0v) is 16.8. The zero-order valence-electron chi connectivity index (χ0n) is 16.8. The van der Waals surface area contributed by atoms with Gasteiger partial charge in [0.05, 0.1) is 0 Å². The van der Waals surface area contributed by atoms with Gasteiger partial charge in [0.2, 0.25) is 11.8 Å². The van der Waals surface area contributed by atoms with E-state index in [0.717, 1.165) is 24.3 Å². The van der Waals surface area contributed by atoms with Gasteiger partial charge in [-0.2, -0.15) is 0 Å². The summed E-state index contributed by atoms with van der Waals surface area (Å²) in [5.74, 6) is -0.910. The molecule has 0 saturated carbocycles. The molecule has 0 fully saturated rings. The van der Waals surface area contributed by atoms with Crippen molar-refractivity contribution in [3.05, 3.63) is 53.6 Å². The molecule has 0 aliphatic rings. The minimum absolute atomic E-state index is 0.0857. The number of anilines is 3. The molecule has 2 amide bonds. The van der Waals surface area contributed by atoms with Crippen molar-refractivity contribution in [2.45, 2.75) is 34.1 Å². The van der Waals surface area contributed by atoms with Gasteiger partial charge in [-0.05, 0) is 63.6 Å². The van der Waals surface area contributed by atoms with Gasteiger partial charge in [-0.25, -0.2) is 0 Å². The van der Waals surface area contributed by atoms with Crippen LogP contribution in [-0.2, 0) is 9.59 Å². The lowest BCUT2D eigenvalue weighted by Crippen LogP contribution is -2.23. The fourth-order valence-electron chi connectivity index (χ4n) is 2.93. The Morgan fingerprint density at radius 1 is 0.929 bits per heavy atom. The van der Waals surface area contributed by atoms with Crippen LogP contribution in [0.2, 0.25) is 0 Å². The van der Waals surface area contributed by atoms with Crippen LogP contribution in [0.1, 0.15) is 43.1 Å². The van der Waals surface area contributed by atoms with Crippen LogP contribution in [0.25, 0.3) is 0 Å². The first-order chi connectivity index (χ1) is 13.3. The maximum Gasteiger partial charge on any atom is 0.233 e.